The van der Waals surface area contributed by atoms with Crippen LogP contribution in [0.25, 0.3) is 0 Å². The largest absolute Gasteiger partial charge is 0.494 e. The van der Waals surface area contributed by atoms with Crippen molar-refractivity contribution in [2.24, 2.45) is 0 Å². The molecule has 1 atom stereocenters. The lowest BCUT2D eigenvalue weighted by Gasteiger charge is -2.32. The van der Waals surface area contributed by atoms with Gasteiger partial charge in [-0.25, -0.2) is 4.39 Å². The molecule has 1 aliphatic heterocycles. The van der Waals surface area contributed by atoms with Gasteiger partial charge in [0.15, 0.2) is 11.6 Å². The molecule has 1 aromatic heterocycles. The maximum absolute atomic E-state index is 13.6. The van der Waals surface area contributed by atoms with Crippen LogP contribution in [0.3, 0.4) is 0 Å². The van der Waals surface area contributed by atoms with Crippen LogP contribution in [0.2, 0.25) is 0 Å². The molecule has 1 aliphatic rings. The first-order chi connectivity index (χ1) is 12.7. The van der Waals surface area contributed by atoms with Gasteiger partial charge in [0.1, 0.15) is 0 Å². The molecule has 0 aliphatic carbocycles. The molecule has 1 saturated heterocycles. The van der Waals surface area contributed by atoms with Crippen molar-refractivity contribution in [1.29, 1.82) is 0 Å². The number of amides is 1. The molecule has 2 aromatic rings. The average molecular weight is 359 g/mol. The van der Waals surface area contributed by atoms with E-state index in [0.29, 0.717) is 26.2 Å². The molecule has 7 heteroatoms. The van der Waals surface area contributed by atoms with E-state index in [4.69, 9.17) is 9.47 Å². The van der Waals surface area contributed by atoms with Gasteiger partial charge in [0.25, 0.3) is 0 Å². The van der Waals surface area contributed by atoms with Crippen molar-refractivity contribution < 1.29 is 18.7 Å². The zero-order chi connectivity index (χ0) is 18.4. The molecule has 6 nitrogen and oxygen atoms in total. The van der Waals surface area contributed by atoms with Gasteiger partial charge >= 0.3 is 0 Å². The number of pyridine rings is 1. The highest BCUT2D eigenvalue weighted by molar-refractivity contribution is 5.77. The van der Waals surface area contributed by atoms with Crippen LogP contribution in [-0.2, 0) is 16.1 Å². The molecule has 2 heterocycles. The number of morpholine rings is 1. The summed E-state index contributed by atoms with van der Waals surface area (Å²) in [5.41, 5.74) is 1.65. The van der Waals surface area contributed by atoms with E-state index in [2.05, 4.69) is 10.3 Å². The van der Waals surface area contributed by atoms with E-state index in [1.54, 1.807) is 18.3 Å². The highest BCUT2D eigenvalue weighted by Gasteiger charge is 2.24. The molecule has 0 bridgehead atoms. The molecular weight excluding hydrogens is 337 g/mol. The van der Waals surface area contributed by atoms with Gasteiger partial charge in [-0.15, -0.1) is 0 Å². The smallest absolute Gasteiger partial charge is 0.234 e. The Morgan fingerprint density at radius 3 is 3.08 bits per heavy atom. The van der Waals surface area contributed by atoms with Gasteiger partial charge in [-0.3, -0.25) is 14.7 Å². The van der Waals surface area contributed by atoms with E-state index in [0.717, 1.165) is 11.3 Å². The second-order valence-corrected chi connectivity index (χ2v) is 6.09. The summed E-state index contributed by atoms with van der Waals surface area (Å²) in [6, 6.07) is 10.3. The molecule has 3 rings (SSSR count). The van der Waals surface area contributed by atoms with Crippen LogP contribution >= 0.6 is 0 Å². The molecule has 0 spiro atoms. The molecule has 1 N–H and O–H groups in total. The minimum Gasteiger partial charge on any atom is -0.494 e. The lowest BCUT2D eigenvalue weighted by molar-refractivity contribution is -0.124. The Bertz CT molecular complexity index is 742. The fourth-order valence-corrected chi connectivity index (χ4v) is 2.88. The Labute approximate surface area is 151 Å². The van der Waals surface area contributed by atoms with E-state index < -0.39 is 5.82 Å². The first-order valence-electron chi connectivity index (χ1n) is 8.49. The molecule has 1 aromatic carbocycles. The van der Waals surface area contributed by atoms with Gasteiger partial charge in [0, 0.05) is 19.3 Å². The number of halogens is 1. The van der Waals surface area contributed by atoms with Crippen molar-refractivity contribution in [2.45, 2.75) is 12.6 Å². The third-order valence-electron chi connectivity index (χ3n) is 4.26. The molecular formula is C19H22FN3O3. The van der Waals surface area contributed by atoms with Gasteiger partial charge in [-0.05, 0) is 29.8 Å². The lowest BCUT2D eigenvalue weighted by Crippen LogP contribution is -2.44. The topological polar surface area (TPSA) is 63.7 Å². The number of nitrogens with zero attached hydrogens (tertiary/aromatic N) is 2. The monoisotopic (exact) mass is 359 g/mol. The van der Waals surface area contributed by atoms with Crippen LogP contribution in [0, 0.1) is 5.82 Å². The van der Waals surface area contributed by atoms with Crippen LogP contribution in [0.1, 0.15) is 17.4 Å². The number of methoxy groups -OCH3 is 1. The SMILES string of the molecule is COc1cc(C2CN(CC(=O)NCc3ccccn3)CCO2)ccc1F. The van der Waals surface area contributed by atoms with Crippen molar-refractivity contribution in [3.05, 3.63) is 59.7 Å². The summed E-state index contributed by atoms with van der Waals surface area (Å²) in [6.07, 6.45) is 1.48. The van der Waals surface area contributed by atoms with Gasteiger partial charge in [-0.1, -0.05) is 12.1 Å². The van der Waals surface area contributed by atoms with Gasteiger partial charge < -0.3 is 14.8 Å². The lowest BCUT2D eigenvalue weighted by atomic mass is 10.1. The fraction of sp³-hybridized carbons (Fsp3) is 0.368. The van der Waals surface area contributed by atoms with Crippen LogP contribution in [0.4, 0.5) is 4.39 Å². The Morgan fingerprint density at radius 2 is 2.31 bits per heavy atom. The number of nitrogens with one attached hydrogen (secondary N) is 1. The maximum atomic E-state index is 13.6. The van der Waals surface area contributed by atoms with Gasteiger partial charge in [0.05, 0.1) is 38.6 Å². The number of rotatable bonds is 6. The Morgan fingerprint density at radius 1 is 1.42 bits per heavy atom. The normalized spacial score (nSPS) is 17.7. The van der Waals surface area contributed by atoms with Crippen LogP contribution in [-0.4, -0.2) is 49.1 Å². The second kappa shape index (κ2) is 8.73. The number of benzene rings is 1. The van der Waals surface area contributed by atoms with E-state index >= 15 is 0 Å². The van der Waals surface area contributed by atoms with Crippen LogP contribution in [0.15, 0.2) is 42.6 Å². The van der Waals surface area contributed by atoms with Crippen molar-refractivity contribution in [1.82, 2.24) is 15.2 Å². The Balaban J connectivity index is 1.54. The molecule has 0 radical (unpaired) electrons. The average Bonchev–Trinajstić information content (AvgIpc) is 2.68. The van der Waals surface area contributed by atoms with Crippen molar-refractivity contribution in [3.63, 3.8) is 0 Å². The summed E-state index contributed by atoms with van der Waals surface area (Å²) in [7, 11) is 1.43. The zero-order valence-electron chi connectivity index (χ0n) is 14.7. The third-order valence-corrected chi connectivity index (χ3v) is 4.26. The molecule has 138 valence electrons. The van der Waals surface area contributed by atoms with Crippen LogP contribution in [0.5, 0.6) is 5.75 Å². The molecule has 1 unspecified atom stereocenters. The summed E-state index contributed by atoms with van der Waals surface area (Å²) in [5, 5.41) is 2.87. The van der Waals surface area contributed by atoms with Gasteiger partial charge in [-0.2, -0.15) is 0 Å². The quantitative estimate of drug-likeness (QED) is 0.854. The van der Waals surface area contributed by atoms with Crippen molar-refractivity contribution in [2.75, 3.05) is 33.4 Å². The van der Waals surface area contributed by atoms with E-state index in [9.17, 15) is 9.18 Å². The Kier molecular flexibility index (Phi) is 6.14. The maximum Gasteiger partial charge on any atom is 0.234 e. The minimum atomic E-state index is -0.405. The third kappa shape index (κ3) is 4.77. The number of ether oxygens (including phenoxy) is 2. The predicted octanol–water partition coefficient (Wildman–Crippen LogP) is 1.92. The number of hydrogen-bond acceptors (Lipinski definition) is 5. The second-order valence-electron chi connectivity index (χ2n) is 6.09. The Hall–Kier alpha value is -2.51. The van der Waals surface area contributed by atoms with Gasteiger partial charge in [0.2, 0.25) is 5.91 Å². The predicted molar refractivity (Wildman–Crippen MR) is 94.2 cm³/mol. The summed E-state index contributed by atoms with van der Waals surface area (Å²) in [6.45, 7) is 2.43. The zero-order valence-corrected chi connectivity index (χ0v) is 14.7. The summed E-state index contributed by atoms with van der Waals surface area (Å²) in [4.78, 5) is 18.4. The standard InChI is InChI=1S/C19H22FN3O3/c1-25-17-10-14(5-6-16(17)20)18-12-23(8-9-26-18)13-19(24)22-11-15-4-2-3-7-21-15/h2-7,10,18H,8-9,11-13H2,1H3,(H,22,24). The van der Waals surface area contributed by atoms with Crippen LogP contribution < -0.4 is 10.1 Å². The summed E-state index contributed by atoms with van der Waals surface area (Å²) >= 11 is 0. The summed E-state index contributed by atoms with van der Waals surface area (Å²) in [5.74, 6) is -0.276. The molecule has 0 saturated carbocycles. The fourth-order valence-electron chi connectivity index (χ4n) is 2.88. The highest BCUT2D eigenvalue weighted by Crippen LogP contribution is 2.27. The molecule has 26 heavy (non-hydrogen) atoms. The van der Waals surface area contributed by atoms with Crippen molar-refractivity contribution in [3.8, 4) is 5.75 Å². The number of hydrogen-bond donors (Lipinski definition) is 1. The summed E-state index contributed by atoms with van der Waals surface area (Å²) < 4.78 is 24.4. The highest BCUT2D eigenvalue weighted by atomic mass is 19.1. The first-order valence-corrected chi connectivity index (χ1v) is 8.49. The van der Waals surface area contributed by atoms with E-state index in [1.165, 1.54) is 13.2 Å². The molecule has 1 amide bonds. The first kappa shape index (κ1) is 18.3. The van der Waals surface area contributed by atoms with E-state index in [1.807, 2.05) is 23.1 Å². The van der Waals surface area contributed by atoms with E-state index in [-0.39, 0.29) is 24.3 Å². The number of carbonyl (C=O) groups excluding carboxylic acids is 1. The number of carbonyl (C=O) groups is 1. The van der Waals surface area contributed by atoms with Crippen molar-refractivity contribution >= 4 is 5.91 Å². The number of aromatic nitrogens is 1. The molecule has 1 fully saturated rings. The minimum absolute atomic E-state index is 0.0620.